The molecule has 1 unspecified atom stereocenters. The summed E-state index contributed by atoms with van der Waals surface area (Å²) in [5.41, 5.74) is 1.73. The summed E-state index contributed by atoms with van der Waals surface area (Å²) in [6, 6.07) is 3.65. The van der Waals surface area contributed by atoms with E-state index in [1.165, 1.54) is 6.07 Å². The molecule has 0 aliphatic heterocycles. The Morgan fingerprint density at radius 3 is 2.56 bits per heavy atom. The molecule has 7 heteroatoms. The fraction of sp³-hybridized carbons (Fsp3) is 0.444. The second-order valence-corrected chi connectivity index (χ2v) is 7.78. The SMILES string of the molecule is CN=C(NCc1nc(C(C)(C)C)cs1)NC(C)c1ccc(F)c(F)c1. The number of aliphatic imine (C=N–C) groups is 1. The van der Waals surface area contributed by atoms with Gasteiger partial charge in [0.2, 0.25) is 0 Å². The number of hydrogen-bond acceptors (Lipinski definition) is 3. The van der Waals surface area contributed by atoms with Crippen molar-refractivity contribution in [3.05, 3.63) is 51.5 Å². The molecule has 0 spiro atoms. The first-order valence-corrected chi connectivity index (χ1v) is 8.95. The van der Waals surface area contributed by atoms with Crippen LogP contribution in [0.4, 0.5) is 8.78 Å². The fourth-order valence-corrected chi connectivity index (χ4v) is 3.12. The molecule has 0 amide bonds. The minimum atomic E-state index is -0.855. The smallest absolute Gasteiger partial charge is 0.191 e. The summed E-state index contributed by atoms with van der Waals surface area (Å²) >= 11 is 1.60. The number of guanidine groups is 1. The van der Waals surface area contributed by atoms with Gasteiger partial charge in [-0.3, -0.25) is 4.99 Å². The monoisotopic (exact) mass is 366 g/mol. The highest BCUT2D eigenvalue weighted by atomic mass is 32.1. The number of nitrogens with zero attached hydrogens (tertiary/aromatic N) is 2. The zero-order valence-electron chi connectivity index (χ0n) is 15.2. The van der Waals surface area contributed by atoms with Gasteiger partial charge in [0, 0.05) is 17.8 Å². The highest BCUT2D eigenvalue weighted by Gasteiger charge is 2.17. The first kappa shape index (κ1) is 19.3. The Kier molecular flexibility index (Phi) is 6.11. The number of nitrogens with one attached hydrogen (secondary N) is 2. The molecule has 0 radical (unpaired) electrons. The molecular formula is C18H24F2N4S. The average molecular weight is 366 g/mol. The van der Waals surface area contributed by atoms with E-state index < -0.39 is 11.6 Å². The second-order valence-electron chi connectivity index (χ2n) is 6.84. The van der Waals surface area contributed by atoms with Gasteiger partial charge in [-0.25, -0.2) is 13.8 Å². The Balaban J connectivity index is 1.96. The standard InChI is InChI=1S/C18H24F2N4S/c1-11(12-6-7-13(19)14(20)8-12)23-17(21-5)22-9-16-24-15(10-25-16)18(2,3)4/h6-8,10-11H,9H2,1-5H3,(H2,21,22,23). The van der Waals surface area contributed by atoms with Gasteiger partial charge >= 0.3 is 0 Å². The topological polar surface area (TPSA) is 49.3 Å². The second kappa shape index (κ2) is 7.91. The molecule has 0 fully saturated rings. The zero-order valence-corrected chi connectivity index (χ0v) is 16.0. The molecule has 1 aromatic carbocycles. The molecule has 136 valence electrons. The number of thiazole rings is 1. The summed E-state index contributed by atoms with van der Waals surface area (Å²) in [5, 5.41) is 9.39. The molecule has 0 aliphatic carbocycles. The maximum atomic E-state index is 13.4. The first-order chi connectivity index (χ1) is 11.7. The van der Waals surface area contributed by atoms with Crippen LogP contribution in [0.25, 0.3) is 0 Å². The van der Waals surface area contributed by atoms with Crippen molar-refractivity contribution < 1.29 is 8.78 Å². The number of aromatic nitrogens is 1. The van der Waals surface area contributed by atoms with Crippen LogP contribution in [0.1, 0.15) is 50.0 Å². The van der Waals surface area contributed by atoms with Crippen molar-refractivity contribution in [1.82, 2.24) is 15.6 Å². The number of rotatable bonds is 4. The molecule has 1 heterocycles. The average Bonchev–Trinajstić information content (AvgIpc) is 3.03. The van der Waals surface area contributed by atoms with E-state index >= 15 is 0 Å². The molecule has 1 atom stereocenters. The summed E-state index contributed by atoms with van der Waals surface area (Å²) in [7, 11) is 1.66. The Morgan fingerprint density at radius 2 is 2.00 bits per heavy atom. The van der Waals surface area contributed by atoms with Crippen LogP contribution in [0, 0.1) is 11.6 Å². The van der Waals surface area contributed by atoms with E-state index in [0.29, 0.717) is 18.1 Å². The molecule has 2 rings (SSSR count). The van der Waals surface area contributed by atoms with Crippen LogP contribution in [0.3, 0.4) is 0 Å². The fourth-order valence-electron chi connectivity index (χ4n) is 2.16. The summed E-state index contributed by atoms with van der Waals surface area (Å²) in [5.74, 6) is -1.13. The summed E-state index contributed by atoms with van der Waals surface area (Å²) in [6.45, 7) is 8.79. The van der Waals surface area contributed by atoms with Crippen LogP contribution >= 0.6 is 11.3 Å². The Hall–Kier alpha value is -2.02. The Bertz CT molecular complexity index is 750. The van der Waals surface area contributed by atoms with Gasteiger partial charge in [0.05, 0.1) is 18.3 Å². The van der Waals surface area contributed by atoms with Gasteiger partial charge in [-0.2, -0.15) is 0 Å². The van der Waals surface area contributed by atoms with Crippen molar-refractivity contribution in [3.63, 3.8) is 0 Å². The van der Waals surface area contributed by atoms with Crippen molar-refractivity contribution in [2.45, 2.75) is 45.7 Å². The van der Waals surface area contributed by atoms with E-state index in [1.807, 2.05) is 6.92 Å². The van der Waals surface area contributed by atoms with Crippen LogP contribution in [-0.4, -0.2) is 18.0 Å². The van der Waals surface area contributed by atoms with Crippen molar-refractivity contribution in [3.8, 4) is 0 Å². The highest BCUT2D eigenvalue weighted by molar-refractivity contribution is 7.09. The number of hydrogen-bond donors (Lipinski definition) is 2. The normalized spacial score (nSPS) is 13.6. The molecule has 1 aromatic heterocycles. The van der Waals surface area contributed by atoms with Gasteiger partial charge in [0.1, 0.15) is 5.01 Å². The van der Waals surface area contributed by atoms with Crippen molar-refractivity contribution >= 4 is 17.3 Å². The lowest BCUT2D eigenvalue weighted by molar-refractivity contribution is 0.504. The first-order valence-electron chi connectivity index (χ1n) is 8.07. The summed E-state index contributed by atoms with van der Waals surface area (Å²) < 4.78 is 26.4. The predicted molar refractivity (Wildman–Crippen MR) is 98.9 cm³/mol. The van der Waals surface area contributed by atoms with E-state index in [1.54, 1.807) is 24.5 Å². The van der Waals surface area contributed by atoms with Crippen molar-refractivity contribution in [2.75, 3.05) is 7.05 Å². The minimum absolute atomic E-state index is 0.0237. The lowest BCUT2D eigenvalue weighted by Gasteiger charge is -2.18. The molecule has 25 heavy (non-hydrogen) atoms. The minimum Gasteiger partial charge on any atom is -0.350 e. The lowest BCUT2D eigenvalue weighted by atomic mass is 9.93. The van der Waals surface area contributed by atoms with Crippen LogP contribution < -0.4 is 10.6 Å². The van der Waals surface area contributed by atoms with Gasteiger partial charge in [0.15, 0.2) is 17.6 Å². The number of benzene rings is 1. The molecule has 0 aliphatic rings. The third kappa shape index (κ3) is 5.22. The van der Waals surface area contributed by atoms with Gasteiger partial charge in [0.25, 0.3) is 0 Å². The molecule has 2 N–H and O–H groups in total. The maximum Gasteiger partial charge on any atom is 0.191 e. The van der Waals surface area contributed by atoms with E-state index in [4.69, 9.17) is 0 Å². The molecular weight excluding hydrogens is 342 g/mol. The van der Waals surface area contributed by atoms with E-state index in [-0.39, 0.29) is 11.5 Å². The third-order valence-corrected chi connectivity index (χ3v) is 4.60. The quantitative estimate of drug-likeness (QED) is 0.631. The van der Waals surface area contributed by atoms with Gasteiger partial charge < -0.3 is 10.6 Å². The predicted octanol–water partition coefficient (Wildman–Crippen LogP) is 4.15. The van der Waals surface area contributed by atoms with Crippen molar-refractivity contribution in [1.29, 1.82) is 0 Å². The molecule has 0 saturated heterocycles. The maximum absolute atomic E-state index is 13.4. The van der Waals surface area contributed by atoms with E-state index in [9.17, 15) is 8.78 Å². The van der Waals surface area contributed by atoms with Gasteiger partial charge in [-0.1, -0.05) is 26.8 Å². The molecule has 0 bridgehead atoms. The van der Waals surface area contributed by atoms with E-state index in [0.717, 1.165) is 16.8 Å². The van der Waals surface area contributed by atoms with Crippen LogP contribution in [0.2, 0.25) is 0 Å². The Morgan fingerprint density at radius 1 is 1.28 bits per heavy atom. The third-order valence-electron chi connectivity index (χ3n) is 3.75. The van der Waals surface area contributed by atoms with Crippen molar-refractivity contribution in [2.24, 2.45) is 4.99 Å². The summed E-state index contributed by atoms with van der Waals surface area (Å²) in [6.07, 6.45) is 0. The molecule has 2 aromatic rings. The molecule has 0 saturated carbocycles. The zero-order chi connectivity index (χ0) is 18.6. The lowest BCUT2D eigenvalue weighted by Crippen LogP contribution is -2.38. The molecule has 4 nitrogen and oxygen atoms in total. The van der Waals surface area contributed by atoms with Crippen LogP contribution in [0.5, 0.6) is 0 Å². The van der Waals surface area contributed by atoms with Gasteiger partial charge in [-0.15, -0.1) is 11.3 Å². The van der Waals surface area contributed by atoms with Crippen LogP contribution in [0.15, 0.2) is 28.6 Å². The van der Waals surface area contributed by atoms with Crippen LogP contribution in [-0.2, 0) is 12.0 Å². The summed E-state index contributed by atoms with van der Waals surface area (Å²) in [4.78, 5) is 8.80. The largest absolute Gasteiger partial charge is 0.350 e. The highest BCUT2D eigenvalue weighted by Crippen LogP contribution is 2.23. The Labute approximate surface area is 151 Å². The van der Waals surface area contributed by atoms with Gasteiger partial charge in [-0.05, 0) is 24.6 Å². The number of halogens is 2. The van der Waals surface area contributed by atoms with E-state index in [2.05, 4.69) is 46.8 Å².